The quantitative estimate of drug-likeness (QED) is 0.656. The Kier molecular flexibility index (Phi) is 3.52. The standard InChI is InChI=1S/C8H17NO2/c1-5-7(10)9(4)6-8(2,3)11/h11H,5-6H2,1-4H3. The second-order valence-electron chi connectivity index (χ2n) is 3.42. The summed E-state index contributed by atoms with van der Waals surface area (Å²) in [5.74, 6) is 0.0622. The molecule has 0 spiro atoms. The van der Waals surface area contributed by atoms with Crippen molar-refractivity contribution in [2.45, 2.75) is 32.8 Å². The fourth-order valence-electron chi connectivity index (χ4n) is 0.939. The summed E-state index contributed by atoms with van der Waals surface area (Å²) in [6.45, 7) is 5.57. The third kappa shape index (κ3) is 4.79. The molecule has 0 bridgehead atoms. The smallest absolute Gasteiger partial charge is 0.222 e. The fourth-order valence-corrected chi connectivity index (χ4v) is 0.939. The number of rotatable bonds is 3. The van der Waals surface area contributed by atoms with Crippen LogP contribution in [0.4, 0.5) is 0 Å². The van der Waals surface area contributed by atoms with Crippen LogP contribution in [0.25, 0.3) is 0 Å². The Morgan fingerprint density at radius 2 is 2.00 bits per heavy atom. The van der Waals surface area contributed by atoms with Crippen LogP contribution in [0.15, 0.2) is 0 Å². The van der Waals surface area contributed by atoms with Gasteiger partial charge in [-0.25, -0.2) is 0 Å². The first kappa shape index (κ1) is 10.4. The molecule has 0 unspecified atom stereocenters. The van der Waals surface area contributed by atoms with Crippen LogP contribution in [0.5, 0.6) is 0 Å². The van der Waals surface area contributed by atoms with E-state index in [1.54, 1.807) is 25.8 Å². The number of amides is 1. The zero-order chi connectivity index (χ0) is 9.07. The van der Waals surface area contributed by atoms with Crippen LogP contribution in [0, 0.1) is 0 Å². The minimum Gasteiger partial charge on any atom is -0.389 e. The molecule has 0 fully saturated rings. The van der Waals surface area contributed by atoms with E-state index in [0.29, 0.717) is 13.0 Å². The number of hydrogen-bond acceptors (Lipinski definition) is 2. The van der Waals surface area contributed by atoms with Gasteiger partial charge in [-0.1, -0.05) is 6.92 Å². The van der Waals surface area contributed by atoms with Gasteiger partial charge in [0.1, 0.15) is 0 Å². The molecule has 3 heteroatoms. The first-order valence-electron chi connectivity index (χ1n) is 3.83. The summed E-state index contributed by atoms with van der Waals surface area (Å²) in [5.41, 5.74) is -0.792. The number of nitrogens with zero attached hydrogens (tertiary/aromatic N) is 1. The number of carbonyl (C=O) groups excluding carboxylic acids is 1. The van der Waals surface area contributed by atoms with E-state index in [0.717, 1.165) is 0 Å². The summed E-state index contributed by atoms with van der Waals surface area (Å²) in [5, 5.41) is 9.34. The van der Waals surface area contributed by atoms with Gasteiger partial charge in [0.2, 0.25) is 5.91 Å². The van der Waals surface area contributed by atoms with Crippen molar-refractivity contribution < 1.29 is 9.90 Å². The van der Waals surface area contributed by atoms with Gasteiger partial charge in [0, 0.05) is 20.0 Å². The largest absolute Gasteiger partial charge is 0.389 e. The third-order valence-corrected chi connectivity index (χ3v) is 1.35. The fraction of sp³-hybridized carbons (Fsp3) is 0.875. The lowest BCUT2D eigenvalue weighted by Crippen LogP contribution is -2.39. The monoisotopic (exact) mass is 159 g/mol. The topological polar surface area (TPSA) is 40.5 Å². The van der Waals surface area contributed by atoms with Gasteiger partial charge in [-0.05, 0) is 13.8 Å². The first-order chi connectivity index (χ1) is 4.87. The lowest BCUT2D eigenvalue weighted by Gasteiger charge is -2.25. The molecule has 0 aromatic carbocycles. The molecule has 0 saturated carbocycles. The minimum absolute atomic E-state index is 0.0622. The molecule has 0 aliphatic heterocycles. The maximum atomic E-state index is 11.0. The summed E-state index contributed by atoms with van der Waals surface area (Å²) < 4.78 is 0. The molecule has 1 amide bonds. The van der Waals surface area contributed by atoms with E-state index < -0.39 is 5.60 Å². The third-order valence-electron chi connectivity index (χ3n) is 1.35. The van der Waals surface area contributed by atoms with Crippen LogP contribution >= 0.6 is 0 Å². The maximum Gasteiger partial charge on any atom is 0.222 e. The Morgan fingerprint density at radius 1 is 1.55 bits per heavy atom. The highest BCUT2D eigenvalue weighted by Gasteiger charge is 2.17. The first-order valence-corrected chi connectivity index (χ1v) is 3.83. The molecule has 0 saturated heterocycles. The van der Waals surface area contributed by atoms with Gasteiger partial charge in [0.15, 0.2) is 0 Å². The molecule has 0 atom stereocenters. The van der Waals surface area contributed by atoms with E-state index in [1.165, 1.54) is 0 Å². The minimum atomic E-state index is -0.792. The van der Waals surface area contributed by atoms with Gasteiger partial charge in [0.05, 0.1) is 5.60 Å². The molecule has 0 rings (SSSR count). The molecule has 1 N–H and O–H groups in total. The number of hydrogen-bond donors (Lipinski definition) is 1. The van der Waals surface area contributed by atoms with E-state index in [9.17, 15) is 9.90 Å². The summed E-state index contributed by atoms with van der Waals surface area (Å²) in [6.07, 6.45) is 0.493. The maximum absolute atomic E-state index is 11.0. The van der Waals surface area contributed by atoms with E-state index in [-0.39, 0.29) is 5.91 Å². The Morgan fingerprint density at radius 3 is 2.27 bits per heavy atom. The van der Waals surface area contributed by atoms with Gasteiger partial charge in [-0.2, -0.15) is 0 Å². The molecule has 0 aliphatic carbocycles. The zero-order valence-electron chi connectivity index (χ0n) is 7.72. The van der Waals surface area contributed by atoms with Crippen molar-refractivity contribution in [3.8, 4) is 0 Å². The highest BCUT2D eigenvalue weighted by Crippen LogP contribution is 2.03. The van der Waals surface area contributed by atoms with Crippen molar-refractivity contribution in [1.29, 1.82) is 0 Å². The molecular weight excluding hydrogens is 142 g/mol. The van der Waals surface area contributed by atoms with E-state index >= 15 is 0 Å². The molecule has 0 aromatic heterocycles. The van der Waals surface area contributed by atoms with Gasteiger partial charge in [0.25, 0.3) is 0 Å². The van der Waals surface area contributed by atoms with E-state index in [2.05, 4.69) is 0 Å². The van der Waals surface area contributed by atoms with Crippen molar-refractivity contribution in [2.24, 2.45) is 0 Å². The lowest BCUT2D eigenvalue weighted by molar-refractivity contribution is -0.132. The Labute approximate surface area is 68.0 Å². The molecular formula is C8H17NO2. The molecule has 66 valence electrons. The second kappa shape index (κ2) is 3.72. The zero-order valence-corrected chi connectivity index (χ0v) is 7.72. The van der Waals surface area contributed by atoms with Gasteiger partial charge >= 0.3 is 0 Å². The van der Waals surface area contributed by atoms with E-state index in [1.807, 2.05) is 6.92 Å². The second-order valence-corrected chi connectivity index (χ2v) is 3.42. The van der Waals surface area contributed by atoms with Crippen molar-refractivity contribution in [1.82, 2.24) is 4.90 Å². The molecule has 0 heterocycles. The van der Waals surface area contributed by atoms with Crippen LogP contribution in [0.1, 0.15) is 27.2 Å². The van der Waals surface area contributed by atoms with Crippen molar-refractivity contribution in [3.63, 3.8) is 0 Å². The van der Waals surface area contributed by atoms with Crippen molar-refractivity contribution in [2.75, 3.05) is 13.6 Å². The molecule has 0 radical (unpaired) electrons. The van der Waals surface area contributed by atoms with Gasteiger partial charge < -0.3 is 10.0 Å². The SMILES string of the molecule is CCC(=O)N(C)CC(C)(C)O. The number of likely N-dealkylation sites (N-methyl/N-ethyl adjacent to an activating group) is 1. The summed E-state index contributed by atoms with van der Waals surface area (Å²) in [6, 6.07) is 0. The van der Waals surface area contributed by atoms with Crippen molar-refractivity contribution in [3.05, 3.63) is 0 Å². The normalized spacial score (nSPS) is 11.4. The predicted molar refractivity (Wildman–Crippen MR) is 44.2 cm³/mol. The van der Waals surface area contributed by atoms with Crippen LogP contribution in [0.2, 0.25) is 0 Å². The Balaban J connectivity index is 3.87. The number of aliphatic hydroxyl groups is 1. The van der Waals surface area contributed by atoms with Crippen LogP contribution in [-0.4, -0.2) is 35.1 Å². The van der Waals surface area contributed by atoms with Crippen LogP contribution in [0.3, 0.4) is 0 Å². The number of carbonyl (C=O) groups is 1. The molecule has 0 aromatic rings. The molecule has 0 aliphatic rings. The van der Waals surface area contributed by atoms with Gasteiger partial charge in [-0.15, -0.1) is 0 Å². The molecule has 3 nitrogen and oxygen atoms in total. The van der Waals surface area contributed by atoms with Crippen molar-refractivity contribution >= 4 is 5.91 Å². The Bertz CT molecular complexity index is 138. The highest BCUT2D eigenvalue weighted by molar-refractivity contribution is 5.75. The van der Waals surface area contributed by atoms with Crippen LogP contribution < -0.4 is 0 Å². The Hall–Kier alpha value is -0.570. The molecule has 11 heavy (non-hydrogen) atoms. The average molecular weight is 159 g/mol. The van der Waals surface area contributed by atoms with Crippen LogP contribution in [-0.2, 0) is 4.79 Å². The van der Waals surface area contributed by atoms with Gasteiger partial charge in [-0.3, -0.25) is 4.79 Å². The predicted octanol–water partition coefficient (Wildman–Crippen LogP) is 0.626. The lowest BCUT2D eigenvalue weighted by atomic mass is 10.1. The average Bonchev–Trinajstić information content (AvgIpc) is 1.82. The summed E-state index contributed by atoms with van der Waals surface area (Å²) in [7, 11) is 1.70. The van der Waals surface area contributed by atoms with E-state index in [4.69, 9.17) is 0 Å². The summed E-state index contributed by atoms with van der Waals surface area (Å²) >= 11 is 0. The summed E-state index contributed by atoms with van der Waals surface area (Å²) in [4.78, 5) is 12.5. The highest BCUT2D eigenvalue weighted by atomic mass is 16.3.